The van der Waals surface area contributed by atoms with Gasteiger partial charge in [0.2, 0.25) is 0 Å². The quantitative estimate of drug-likeness (QED) is 0.316. The molecule has 32 heavy (non-hydrogen) atoms. The second-order valence-electron chi connectivity index (χ2n) is 8.82. The molecular weight excluding hydrogens is 494 g/mol. The minimum atomic E-state index is -0.721. The van der Waals surface area contributed by atoms with Crippen LogP contribution in [-0.4, -0.2) is 47.5 Å². The van der Waals surface area contributed by atoms with E-state index >= 15 is 0 Å². The molecule has 2 aromatic carbocycles. The molecule has 0 N–H and O–H groups in total. The number of ether oxygens (including phenoxy) is 2. The van der Waals surface area contributed by atoms with Gasteiger partial charge in [0, 0.05) is 36.8 Å². The molecule has 1 aromatic heterocycles. The zero-order valence-electron chi connectivity index (χ0n) is 18.1. The summed E-state index contributed by atoms with van der Waals surface area (Å²) in [6, 6.07) is 10.9. The van der Waals surface area contributed by atoms with Gasteiger partial charge in [0.1, 0.15) is 11.6 Å². The Labute approximate surface area is 198 Å². The van der Waals surface area contributed by atoms with Gasteiger partial charge in [-0.1, -0.05) is 34.1 Å². The van der Waals surface area contributed by atoms with Gasteiger partial charge in [0.05, 0.1) is 0 Å². The van der Waals surface area contributed by atoms with E-state index in [4.69, 9.17) is 9.47 Å². The van der Waals surface area contributed by atoms with E-state index < -0.39 is 23.7 Å². The molecule has 8 heteroatoms. The summed E-state index contributed by atoms with van der Waals surface area (Å²) in [5.41, 5.74) is -0.155. The number of hydrogen-bond acceptors (Lipinski definition) is 6. The summed E-state index contributed by atoms with van der Waals surface area (Å²) >= 11 is 5.10. The zero-order chi connectivity index (χ0) is 23.0. The second-order valence-corrected chi connectivity index (χ2v) is 10.8. The third-order valence-corrected chi connectivity index (χ3v) is 6.86. The van der Waals surface area contributed by atoms with Gasteiger partial charge in [-0.05, 0) is 51.8 Å². The first-order valence-electron chi connectivity index (χ1n) is 10.4. The minimum Gasteiger partial charge on any atom is -0.456 e. The smallest absolute Gasteiger partial charge is 0.411 e. The van der Waals surface area contributed by atoms with Crippen LogP contribution in [0.3, 0.4) is 0 Å². The summed E-state index contributed by atoms with van der Waals surface area (Å²) < 4.78 is 13.8. The van der Waals surface area contributed by atoms with Crippen molar-refractivity contribution in [1.29, 1.82) is 0 Å². The van der Waals surface area contributed by atoms with Crippen LogP contribution in [0.15, 0.2) is 40.9 Å². The summed E-state index contributed by atoms with van der Waals surface area (Å²) in [6.45, 7) is 5.40. The fourth-order valence-corrected chi connectivity index (χ4v) is 5.49. The standard InChI is InChI=1S/C24H24BrNO5S/c1-24(2,3)31-23(29)26-10-4-5-18(26)22(28)30-13-19(27)14-6-8-16-17-9-7-15(25)12-21(17)32-20(16)11-14/h6-9,11-12,18H,4-5,10,13H2,1-3H3/t18-/m1/s1. The Kier molecular flexibility index (Phi) is 6.27. The third-order valence-electron chi connectivity index (χ3n) is 5.26. The van der Waals surface area contributed by atoms with Crippen LogP contribution in [0.5, 0.6) is 0 Å². The van der Waals surface area contributed by atoms with Crippen molar-refractivity contribution in [1.82, 2.24) is 4.90 Å². The van der Waals surface area contributed by atoms with Crippen LogP contribution in [0.25, 0.3) is 20.2 Å². The lowest BCUT2D eigenvalue weighted by Gasteiger charge is -2.27. The van der Waals surface area contributed by atoms with Gasteiger partial charge >= 0.3 is 12.1 Å². The third kappa shape index (κ3) is 4.81. The molecule has 168 valence electrons. The van der Waals surface area contributed by atoms with Crippen molar-refractivity contribution in [2.24, 2.45) is 0 Å². The molecule has 1 aliphatic rings. The number of likely N-dealkylation sites (tertiary alicyclic amines) is 1. The Morgan fingerprint density at radius 1 is 1.09 bits per heavy atom. The highest BCUT2D eigenvalue weighted by atomic mass is 79.9. The number of carbonyl (C=O) groups excluding carboxylic acids is 3. The zero-order valence-corrected chi connectivity index (χ0v) is 20.5. The van der Waals surface area contributed by atoms with Gasteiger partial charge in [-0.3, -0.25) is 9.69 Å². The first-order chi connectivity index (χ1) is 15.1. The molecule has 0 aliphatic carbocycles. The number of amides is 1. The van der Waals surface area contributed by atoms with Gasteiger partial charge in [0.25, 0.3) is 0 Å². The monoisotopic (exact) mass is 517 g/mol. The highest BCUT2D eigenvalue weighted by molar-refractivity contribution is 9.10. The number of thiophene rings is 1. The van der Waals surface area contributed by atoms with Crippen LogP contribution in [0.2, 0.25) is 0 Å². The molecule has 3 aromatic rings. The number of carbonyl (C=O) groups is 3. The van der Waals surface area contributed by atoms with Crippen molar-refractivity contribution in [3.8, 4) is 0 Å². The topological polar surface area (TPSA) is 72.9 Å². The maximum atomic E-state index is 12.7. The molecule has 4 rings (SSSR count). The molecule has 1 aliphatic heterocycles. The first kappa shape index (κ1) is 22.7. The maximum absolute atomic E-state index is 12.7. The summed E-state index contributed by atoms with van der Waals surface area (Å²) in [5, 5.41) is 2.23. The van der Waals surface area contributed by atoms with Crippen molar-refractivity contribution in [3.63, 3.8) is 0 Å². The van der Waals surface area contributed by atoms with E-state index in [1.54, 1.807) is 38.2 Å². The van der Waals surface area contributed by atoms with Crippen molar-refractivity contribution in [2.75, 3.05) is 13.2 Å². The van der Waals surface area contributed by atoms with E-state index in [1.807, 2.05) is 18.2 Å². The maximum Gasteiger partial charge on any atom is 0.411 e. The predicted molar refractivity (Wildman–Crippen MR) is 128 cm³/mol. The molecule has 2 heterocycles. The van der Waals surface area contributed by atoms with Gasteiger partial charge < -0.3 is 9.47 Å². The first-order valence-corrected chi connectivity index (χ1v) is 12.0. The van der Waals surface area contributed by atoms with Crippen LogP contribution >= 0.6 is 27.3 Å². The Bertz CT molecular complexity index is 1210. The number of esters is 1. The highest BCUT2D eigenvalue weighted by Crippen LogP contribution is 2.36. The molecule has 1 saturated heterocycles. The number of halogens is 1. The Morgan fingerprint density at radius 2 is 1.78 bits per heavy atom. The van der Waals surface area contributed by atoms with Gasteiger partial charge in [-0.15, -0.1) is 11.3 Å². The lowest BCUT2D eigenvalue weighted by molar-refractivity contribution is -0.147. The van der Waals surface area contributed by atoms with E-state index in [0.29, 0.717) is 24.9 Å². The summed E-state index contributed by atoms with van der Waals surface area (Å²) in [5.74, 6) is -0.852. The largest absolute Gasteiger partial charge is 0.456 e. The predicted octanol–water partition coefficient (Wildman–Crippen LogP) is 5.94. The number of ketones is 1. The summed E-state index contributed by atoms with van der Waals surface area (Å²) in [4.78, 5) is 39.1. The molecule has 0 saturated carbocycles. The highest BCUT2D eigenvalue weighted by Gasteiger charge is 2.37. The van der Waals surface area contributed by atoms with E-state index in [9.17, 15) is 14.4 Å². The molecule has 1 fully saturated rings. The second kappa shape index (κ2) is 8.83. The Hall–Kier alpha value is -2.45. The lowest BCUT2D eigenvalue weighted by atomic mass is 10.1. The van der Waals surface area contributed by atoms with Crippen LogP contribution in [0.4, 0.5) is 4.79 Å². The fourth-order valence-electron chi connectivity index (χ4n) is 3.79. The van der Waals surface area contributed by atoms with Gasteiger partial charge in [-0.2, -0.15) is 0 Å². The van der Waals surface area contributed by atoms with E-state index in [-0.39, 0.29) is 12.4 Å². The van der Waals surface area contributed by atoms with Gasteiger partial charge in [-0.25, -0.2) is 9.59 Å². The van der Waals surface area contributed by atoms with E-state index in [1.165, 1.54) is 4.90 Å². The van der Waals surface area contributed by atoms with Crippen LogP contribution < -0.4 is 0 Å². The van der Waals surface area contributed by atoms with Crippen LogP contribution in [0.1, 0.15) is 44.0 Å². The van der Waals surface area contributed by atoms with Crippen LogP contribution in [-0.2, 0) is 14.3 Å². The van der Waals surface area contributed by atoms with E-state index in [0.717, 1.165) is 24.6 Å². The number of benzene rings is 2. The molecule has 1 amide bonds. The average molecular weight is 518 g/mol. The SMILES string of the molecule is CC(C)(C)OC(=O)N1CCC[C@@H]1C(=O)OCC(=O)c1ccc2c(c1)sc1cc(Br)ccc12. The molecule has 0 unspecified atom stereocenters. The number of nitrogens with zero attached hydrogens (tertiary/aromatic N) is 1. The molecule has 1 atom stereocenters. The Morgan fingerprint density at radius 3 is 2.50 bits per heavy atom. The lowest BCUT2D eigenvalue weighted by Crippen LogP contribution is -2.44. The van der Waals surface area contributed by atoms with Crippen LogP contribution in [0, 0.1) is 0 Å². The molecule has 6 nitrogen and oxygen atoms in total. The van der Waals surface area contributed by atoms with Crippen molar-refractivity contribution >= 4 is 65.3 Å². The average Bonchev–Trinajstić information content (AvgIpc) is 3.34. The molecule has 0 spiro atoms. The minimum absolute atomic E-state index is 0.277. The van der Waals surface area contributed by atoms with Crippen molar-refractivity contribution in [2.45, 2.75) is 45.3 Å². The molecule has 0 radical (unpaired) electrons. The van der Waals surface area contributed by atoms with E-state index in [2.05, 4.69) is 28.1 Å². The van der Waals surface area contributed by atoms with Crippen molar-refractivity contribution < 1.29 is 23.9 Å². The normalized spacial score (nSPS) is 16.5. The number of fused-ring (bicyclic) bond motifs is 3. The van der Waals surface area contributed by atoms with Crippen molar-refractivity contribution in [3.05, 3.63) is 46.4 Å². The summed E-state index contributed by atoms with van der Waals surface area (Å²) in [6.07, 6.45) is 0.645. The summed E-state index contributed by atoms with van der Waals surface area (Å²) in [7, 11) is 0. The number of hydrogen-bond donors (Lipinski definition) is 0. The molecular formula is C24H24BrNO5S. The number of rotatable bonds is 4. The molecule has 0 bridgehead atoms. The number of Topliss-reactive ketones (excluding diaryl/α,β-unsaturated/α-hetero) is 1. The van der Waals surface area contributed by atoms with Gasteiger partial charge in [0.15, 0.2) is 12.4 Å². The fraction of sp³-hybridized carbons (Fsp3) is 0.375. The Balaban J connectivity index is 1.42.